The predicted octanol–water partition coefficient (Wildman–Crippen LogP) is 3.65. The largest absolute Gasteiger partial charge is 0.375 e. The van der Waals surface area contributed by atoms with E-state index in [0.29, 0.717) is 17.4 Å². The smallest absolute Gasteiger partial charge is 0.181 e. The van der Waals surface area contributed by atoms with Crippen LogP contribution in [0.3, 0.4) is 0 Å². The molecule has 0 spiro atoms. The summed E-state index contributed by atoms with van der Waals surface area (Å²) < 4.78 is 14.8. The molecule has 0 radical (unpaired) electrons. The number of anilines is 2. The molecule has 3 rings (SSSR count). The van der Waals surface area contributed by atoms with E-state index in [1.54, 1.807) is 12.1 Å². The molecule has 5 heteroatoms. The predicted molar refractivity (Wildman–Crippen MR) is 82.5 cm³/mol. The van der Waals surface area contributed by atoms with Gasteiger partial charge in [-0.25, -0.2) is 9.37 Å². The van der Waals surface area contributed by atoms with E-state index in [-0.39, 0.29) is 5.82 Å². The van der Waals surface area contributed by atoms with Crippen molar-refractivity contribution in [3.63, 3.8) is 0 Å². The van der Waals surface area contributed by atoms with Gasteiger partial charge in [0.25, 0.3) is 0 Å². The Kier molecular flexibility index (Phi) is 3.28. The number of nitrogens with two attached hydrogens (primary N) is 1. The number of rotatable bonds is 3. The second-order valence-corrected chi connectivity index (χ2v) is 5.72. The van der Waals surface area contributed by atoms with Gasteiger partial charge in [-0.2, -0.15) is 0 Å². The normalized spacial score (nSPS) is 10.9. The van der Waals surface area contributed by atoms with E-state index in [9.17, 15) is 4.39 Å². The number of fused-ring (bicyclic) bond motifs is 1. The van der Waals surface area contributed by atoms with Crippen molar-refractivity contribution in [2.75, 3.05) is 17.7 Å². The minimum atomic E-state index is -0.210. The van der Waals surface area contributed by atoms with Crippen molar-refractivity contribution in [3.05, 3.63) is 53.8 Å². The van der Waals surface area contributed by atoms with Crippen LogP contribution in [0.15, 0.2) is 42.5 Å². The van der Waals surface area contributed by atoms with Gasteiger partial charge in [-0.1, -0.05) is 29.5 Å². The van der Waals surface area contributed by atoms with Gasteiger partial charge in [-0.15, -0.1) is 0 Å². The molecule has 0 bridgehead atoms. The van der Waals surface area contributed by atoms with Crippen LogP contribution in [0.4, 0.5) is 15.2 Å². The van der Waals surface area contributed by atoms with Crippen LogP contribution in [0.25, 0.3) is 10.2 Å². The van der Waals surface area contributed by atoms with Crippen LogP contribution < -0.4 is 10.6 Å². The second kappa shape index (κ2) is 5.09. The van der Waals surface area contributed by atoms with Crippen LogP contribution in [0.5, 0.6) is 0 Å². The van der Waals surface area contributed by atoms with Gasteiger partial charge in [0, 0.05) is 13.6 Å². The average Bonchev–Trinajstić information content (AvgIpc) is 2.78. The summed E-state index contributed by atoms with van der Waals surface area (Å²) in [5, 5.41) is 0.569. The molecular formula is C15H14FN3S. The Morgan fingerprint density at radius 2 is 2.05 bits per heavy atom. The van der Waals surface area contributed by atoms with Gasteiger partial charge in [-0.05, 0) is 29.8 Å². The maximum Gasteiger partial charge on any atom is 0.181 e. The van der Waals surface area contributed by atoms with Crippen LogP contribution in [0, 0.1) is 5.82 Å². The third kappa shape index (κ3) is 2.44. The lowest BCUT2D eigenvalue weighted by atomic mass is 10.2. The summed E-state index contributed by atoms with van der Waals surface area (Å²) in [7, 11) is 1.88. The SMILES string of the molecule is CN(Cc1ccc2nc(N)sc2c1)c1ccccc1F. The van der Waals surface area contributed by atoms with E-state index in [1.165, 1.54) is 17.4 Å². The summed E-state index contributed by atoms with van der Waals surface area (Å²) in [4.78, 5) is 6.12. The molecule has 0 saturated carbocycles. The molecule has 3 nitrogen and oxygen atoms in total. The van der Waals surface area contributed by atoms with Gasteiger partial charge >= 0.3 is 0 Å². The highest BCUT2D eigenvalue weighted by molar-refractivity contribution is 7.22. The third-order valence-electron chi connectivity index (χ3n) is 3.15. The van der Waals surface area contributed by atoms with Gasteiger partial charge in [0.2, 0.25) is 0 Å². The van der Waals surface area contributed by atoms with E-state index >= 15 is 0 Å². The highest BCUT2D eigenvalue weighted by Gasteiger charge is 2.08. The molecule has 102 valence electrons. The first-order valence-electron chi connectivity index (χ1n) is 6.24. The lowest BCUT2D eigenvalue weighted by Gasteiger charge is -2.19. The molecule has 2 aromatic carbocycles. The van der Waals surface area contributed by atoms with Crippen molar-refractivity contribution < 1.29 is 4.39 Å². The molecule has 20 heavy (non-hydrogen) atoms. The van der Waals surface area contributed by atoms with Crippen molar-refractivity contribution >= 4 is 32.4 Å². The minimum absolute atomic E-state index is 0.210. The Morgan fingerprint density at radius 1 is 1.25 bits per heavy atom. The van der Waals surface area contributed by atoms with Gasteiger partial charge in [0.1, 0.15) is 5.82 Å². The Morgan fingerprint density at radius 3 is 2.85 bits per heavy atom. The maximum absolute atomic E-state index is 13.7. The maximum atomic E-state index is 13.7. The highest BCUT2D eigenvalue weighted by Crippen LogP contribution is 2.26. The fraction of sp³-hybridized carbons (Fsp3) is 0.133. The third-order valence-corrected chi connectivity index (χ3v) is 4.00. The number of para-hydroxylation sites is 1. The zero-order valence-corrected chi connectivity index (χ0v) is 11.8. The molecule has 1 aromatic heterocycles. The van der Waals surface area contributed by atoms with Gasteiger partial charge in [0.05, 0.1) is 15.9 Å². The topological polar surface area (TPSA) is 42.2 Å². The van der Waals surface area contributed by atoms with E-state index in [2.05, 4.69) is 11.1 Å². The molecule has 3 aromatic rings. The molecule has 0 aliphatic carbocycles. The fourth-order valence-electron chi connectivity index (χ4n) is 2.21. The number of nitrogens with zero attached hydrogens (tertiary/aromatic N) is 2. The molecule has 0 saturated heterocycles. The van der Waals surface area contributed by atoms with Gasteiger partial charge < -0.3 is 10.6 Å². The molecule has 0 aliphatic rings. The number of hydrogen-bond donors (Lipinski definition) is 1. The van der Waals surface area contributed by atoms with Crippen LogP contribution in [-0.4, -0.2) is 12.0 Å². The molecule has 0 amide bonds. The first-order chi connectivity index (χ1) is 9.63. The Bertz CT molecular complexity index is 754. The molecule has 0 unspecified atom stereocenters. The second-order valence-electron chi connectivity index (χ2n) is 4.66. The van der Waals surface area contributed by atoms with E-state index < -0.39 is 0 Å². The van der Waals surface area contributed by atoms with Crippen LogP contribution in [0.2, 0.25) is 0 Å². The zero-order valence-electron chi connectivity index (χ0n) is 11.0. The summed E-state index contributed by atoms with van der Waals surface area (Å²) in [6, 6.07) is 12.8. The van der Waals surface area contributed by atoms with E-state index in [0.717, 1.165) is 15.8 Å². The quantitative estimate of drug-likeness (QED) is 0.799. The molecule has 1 heterocycles. The van der Waals surface area contributed by atoms with Crippen molar-refractivity contribution in [1.82, 2.24) is 4.98 Å². The summed E-state index contributed by atoms with van der Waals surface area (Å²) in [6.45, 7) is 0.634. The van der Waals surface area contributed by atoms with E-state index in [4.69, 9.17) is 5.73 Å². The molecular weight excluding hydrogens is 273 g/mol. The molecule has 0 atom stereocenters. The molecule has 0 fully saturated rings. The van der Waals surface area contributed by atoms with E-state index in [1.807, 2.05) is 30.1 Å². The number of nitrogen functional groups attached to an aromatic ring is 1. The minimum Gasteiger partial charge on any atom is -0.375 e. The first-order valence-corrected chi connectivity index (χ1v) is 7.06. The first kappa shape index (κ1) is 12.9. The summed E-state index contributed by atoms with van der Waals surface area (Å²) in [5.74, 6) is -0.210. The summed E-state index contributed by atoms with van der Waals surface area (Å²) in [6.07, 6.45) is 0. The lowest BCUT2D eigenvalue weighted by molar-refractivity contribution is 0.622. The van der Waals surface area contributed by atoms with Crippen molar-refractivity contribution in [2.24, 2.45) is 0 Å². The molecule has 0 aliphatic heterocycles. The highest BCUT2D eigenvalue weighted by atomic mass is 32.1. The summed E-state index contributed by atoms with van der Waals surface area (Å²) in [5.41, 5.74) is 8.30. The standard InChI is InChI=1S/C15H14FN3S/c1-19(13-5-3-2-4-11(13)16)9-10-6-7-12-14(8-10)20-15(17)18-12/h2-8H,9H2,1H3,(H2,17,18). The zero-order chi connectivity index (χ0) is 14.1. The van der Waals surface area contributed by atoms with Crippen LogP contribution >= 0.6 is 11.3 Å². The van der Waals surface area contributed by atoms with Gasteiger partial charge in [0.15, 0.2) is 5.13 Å². The number of halogens is 1. The monoisotopic (exact) mass is 287 g/mol. The Balaban J connectivity index is 1.87. The lowest BCUT2D eigenvalue weighted by Crippen LogP contribution is -2.17. The number of benzene rings is 2. The Hall–Kier alpha value is -2.14. The number of hydrogen-bond acceptors (Lipinski definition) is 4. The molecule has 2 N–H and O–H groups in total. The van der Waals surface area contributed by atoms with Crippen molar-refractivity contribution in [2.45, 2.75) is 6.54 Å². The number of thiazole rings is 1. The average molecular weight is 287 g/mol. The van der Waals surface area contributed by atoms with Crippen LogP contribution in [-0.2, 0) is 6.54 Å². The fourth-order valence-corrected chi connectivity index (χ4v) is 3.00. The van der Waals surface area contributed by atoms with Crippen molar-refractivity contribution in [3.8, 4) is 0 Å². The number of aromatic nitrogens is 1. The van der Waals surface area contributed by atoms with Gasteiger partial charge in [-0.3, -0.25) is 0 Å². The Labute approximate surface area is 120 Å². The summed E-state index contributed by atoms with van der Waals surface area (Å²) >= 11 is 1.47. The van der Waals surface area contributed by atoms with Crippen LogP contribution in [0.1, 0.15) is 5.56 Å². The van der Waals surface area contributed by atoms with Crippen molar-refractivity contribution in [1.29, 1.82) is 0 Å².